The molecule has 1 heterocycles. The first kappa shape index (κ1) is 13.4. The van der Waals surface area contributed by atoms with Gasteiger partial charge in [-0.3, -0.25) is 0 Å². The first-order chi connectivity index (χ1) is 8.62. The molecule has 3 nitrogen and oxygen atoms in total. The van der Waals surface area contributed by atoms with Gasteiger partial charge in [0.15, 0.2) is 0 Å². The smallest absolute Gasteiger partial charge is 0.150 e. The second-order valence-corrected chi connectivity index (χ2v) is 7.35. The molecule has 0 saturated carbocycles. The minimum Gasteiger partial charge on any atom is -0.385 e. The summed E-state index contributed by atoms with van der Waals surface area (Å²) in [5.41, 5.74) is 2.56. The first-order valence-corrected chi connectivity index (χ1v) is 8.48. The second kappa shape index (κ2) is 5.74. The van der Waals surface area contributed by atoms with Crippen molar-refractivity contribution >= 4 is 15.5 Å². The molecule has 0 amide bonds. The van der Waals surface area contributed by atoms with Crippen molar-refractivity contribution in [1.29, 1.82) is 0 Å². The minimum absolute atomic E-state index is 0.260. The molecular formula is C14H21NO2S. The molecule has 0 spiro atoms. The maximum Gasteiger partial charge on any atom is 0.150 e. The normalized spacial score (nSPS) is 19.1. The molecule has 1 unspecified atom stereocenters. The lowest BCUT2D eigenvalue weighted by molar-refractivity contribution is 0.558. The minimum atomic E-state index is -2.81. The van der Waals surface area contributed by atoms with E-state index in [-0.39, 0.29) is 5.75 Å². The van der Waals surface area contributed by atoms with E-state index in [1.165, 1.54) is 11.3 Å². The quantitative estimate of drug-likeness (QED) is 0.892. The molecule has 0 aromatic heterocycles. The third-order valence-electron chi connectivity index (χ3n) is 3.66. The molecule has 1 N–H and O–H groups in total. The predicted molar refractivity (Wildman–Crippen MR) is 75.9 cm³/mol. The van der Waals surface area contributed by atoms with Gasteiger partial charge in [0.05, 0.1) is 5.75 Å². The largest absolute Gasteiger partial charge is 0.385 e. The molecule has 0 radical (unpaired) electrons. The summed E-state index contributed by atoms with van der Waals surface area (Å²) in [7, 11) is -2.81. The van der Waals surface area contributed by atoms with Crippen molar-refractivity contribution in [2.75, 3.05) is 23.4 Å². The van der Waals surface area contributed by atoms with E-state index in [9.17, 15) is 8.42 Å². The Morgan fingerprint density at radius 2 is 2.11 bits per heavy atom. The summed E-state index contributed by atoms with van der Waals surface area (Å²) in [6.07, 6.45) is 2.84. The van der Waals surface area contributed by atoms with Gasteiger partial charge >= 0.3 is 0 Å². The number of para-hydroxylation sites is 1. The molecular weight excluding hydrogens is 246 g/mol. The van der Waals surface area contributed by atoms with E-state index in [4.69, 9.17) is 0 Å². The molecule has 2 rings (SSSR count). The van der Waals surface area contributed by atoms with Gasteiger partial charge in [-0.1, -0.05) is 25.1 Å². The number of hydrogen-bond donors (Lipinski definition) is 1. The van der Waals surface area contributed by atoms with Crippen LogP contribution in [0.15, 0.2) is 24.3 Å². The Balaban J connectivity index is 1.96. The summed E-state index contributed by atoms with van der Waals surface area (Å²) in [5, 5.41) is 3.39. The highest BCUT2D eigenvalue weighted by atomic mass is 32.2. The zero-order valence-corrected chi connectivity index (χ0v) is 11.7. The van der Waals surface area contributed by atoms with Crippen LogP contribution in [-0.2, 0) is 9.84 Å². The summed E-state index contributed by atoms with van der Waals surface area (Å²) in [6, 6.07) is 8.35. The van der Waals surface area contributed by atoms with Crippen LogP contribution in [-0.4, -0.2) is 26.5 Å². The Labute approximate surface area is 110 Å². The van der Waals surface area contributed by atoms with Gasteiger partial charge in [-0.15, -0.1) is 0 Å². The Morgan fingerprint density at radius 1 is 1.33 bits per heavy atom. The highest BCUT2D eigenvalue weighted by Crippen LogP contribution is 2.34. The fourth-order valence-electron chi connectivity index (χ4n) is 2.54. The van der Waals surface area contributed by atoms with Gasteiger partial charge < -0.3 is 5.32 Å². The average Bonchev–Trinajstić information content (AvgIpc) is 2.39. The van der Waals surface area contributed by atoms with Crippen molar-refractivity contribution in [3.8, 4) is 0 Å². The summed E-state index contributed by atoms with van der Waals surface area (Å²) in [4.78, 5) is 0. The van der Waals surface area contributed by atoms with E-state index in [0.29, 0.717) is 11.7 Å². The van der Waals surface area contributed by atoms with Gasteiger partial charge in [-0.25, -0.2) is 8.42 Å². The van der Waals surface area contributed by atoms with Crippen LogP contribution in [0.25, 0.3) is 0 Å². The lowest BCUT2D eigenvalue weighted by Gasteiger charge is -2.26. The predicted octanol–water partition coefficient (Wildman–Crippen LogP) is 2.80. The standard InChI is InChI=1S/C14H21NO2S/c1-2-18(16,17)11-5-6-12-9-10-15-14-8-4-3-7-13(12)14/h3-4,7-8,12,15H,2,5-6,9-11H2,1H3. The molecule has 0 bridgehead atoms. The summed E-state index contributed by atoms with van der Waals surface area (Å²) in [5.74, 6) is 1.10. The molecule has 100 valence electrons. The Hall–Kier alpha value is -1.03. The lowest BCUT2D eigenvalue weighted by Crippen LogP contribution is -2.17. The van der Waals surface area contributed by atoms with Gasteiger partial charge in [0.1, 0.15) is 9.84 Å². The van der Waals surface area contributed by atoms with Crippen LogP contribution in [0.5, 0.6) is 0 Å². The van der Waals surface area contributed by atoms with Crippen LogP contribution < -0.4 is 5.32 Å². The molecule has 1 aromatic carbocycles. The van der Waals surface area contributed by atoms with E-state index in [2.05, 4.69) is 23.5 Å². The molecule has 1 aliphatic rings. The Morgan fingerprint density at radius 3 is 2.89 bits per heavy atom. The molecule has 1 aromatic rings. The van der Waals surface area contributed by atoms with Crippen molar-refractivity contribution in [1.82, 2.24) is 0 Å². The van der Waals surface area contributed by atoms with Crippen molar-refractivity contribution in [2.24, 2.45) is 0 Å². The Kier molecular flexibility index (Phi) is 4.27. The van der Waals surface area contributed by atoms with Crippen molar-refractivity contribution < 1.29 is 8.42 Å². The van der Waals surface area contributed by atoms with Crippen LogP contribution in [0.1, 0.15) is 37.7 Å². The molecule has 0 saturated heterocycles. The van der Waals surface area contributed by atoms with Crippen molar-refractivity contribution in [3.63, 3.8) is 0 Å². The lowest BCUT2D eigenvalue weighted by atomic mass is 9.88. The summed E-state index contributed by atoms with van der Waals surface area (Å²) < 4.78 is 22.9. The van der Waals surface area contributed by atoms with Crippen LogP contribution >= 0.6 is 0 Å². The van der Waals surface area contributed by atoms with E-state index >= 15 is 0 Å². The number of nitrogens with one attached hydrogen (secondary N) is 1. The number of benzene rings is 1. The van der Waals surface area contributed by atoms with Gasteiger partial charge in [0, 0.05) is 18.0 Å². The van der Waals surface area contributed by atoms with Gasteiger partial charge in [-0.05, 0) is 36.8 Å². The highest BCUT2D eigenvalue weighted by molar-refractivity contribution is 7.91. The first-order valence-electron chi connectivity index (χ1n) is 6.65. The topological polar surface area (TPSA) is 46.2 Å². The zero-order valence-electron chi connectivity index (χ0n) is 10.9. The molecule has 0 aliphatic carbocycles. The number of hydrogen-bond acceptors (Lipinski definition) is 3. The third-order valence-corrected chi connectivity index (χ3v) is 5.45. The van der Waals surface area contributed by atoms with E-state index < -0.39 is 9.84 Å². The van der Waals surface area contributed by atoms with Crippen molar-refractivity contribution in [2.45, 2.75) is 32.1 Å². The summed E-state index contributed by atoms with van der Waals surface area (Å²) in [6.45, 7) is 2.71. The molecule has 4 heteroatoms. The maximum absolute atomic E-state index is 11.5. The molecule has 1 atom stereocenters. The SMILES string of the molecule is CCS(=O)(=O)CCCC1CCNc2ccccc21. The Bertz CT molecular complexity index is 496. The fourth-order valence-corrected chi connectivity index (χ4v) is 3.44. The third kappa shape index (κ3) is 3.25. The van der Waals surface area contributed by atoms with Gasteiger partial charge in [0.2, 0.25) is 0 Å². The van der Waals surface area contributed by atoms with Gasteiger partial charge in [-0.2, -0.15) is 0 Å². The van der Waals surface area contributed by atoms with Crippen LogP contribution in [0.2, 0.25) is 0 Å². The highest BCUT2D eigenvalue weighted by Gasteiger charge is 2.19. The van der Waals surface area contributed by atoms with Crippen molar-refractivity contribution in [3.05, 3.63) is 29.8 Å². The molecule has 18 heavy (non-hydrogen) atoms. The van der Waals surface area contributed by atoms with Crippen LogP contribution in [0.4, 0.5) is 5.69 Å². The molecule has 1 aliphatic heterocycles. The summed E-state index contributed by atoms with van der Waals surface area (Å²) >= 11 is 0. The second-order valence-electron chi connectivity index (χ2n) is 4.88. The zero-order chi connectivity index (χ0) is 13.0. The number of sulfone groups is 1. The van der Waals surface area contributed by atoms with E-state index in [1.807, 2.05) is 6.07 Å². The fraction of sp³-hybridized carbons (Fsp3) is 0.571. The maximum atomic E-state index is 11.5. The van der Waals surface area contributed by atoms with Gasteiger partial charge in [0.25, 0.3) is 0 Å². The average molecular weight is 267 g/mol. The molecule has 0 fully saturated rings. The van der Waals surface area contributed by atoms with E-state index in [1.54, 1.807) is 6.92 Å². The number of rotatable bonds is 5. The monoisotopic (exact) mass is 267 g/mol. The number of fused-ring (bicyclic) bond motifs is 1. The van der Waals surface area contributed by atoms with Crippen LogP contribution in [0, 0.1) is 0 Å². The van der Waals surface area contributed by atoms with Crippen LogP contribution in [0.3, 0.4) is 0 Å². The van der Waals surface area contributed by atoms with E-state index in [0.717, 1.165) is 25.8 Å². The number of anilines is 1.